The second kappa shape index (κ2) is 13.6. The molecule has 35 heavy (non-hydrogen) atoms. The topological polar surface area (TPSA) is 208 Å². The van der Waals surface area contributed by atoms with Crippen molar-refractivity contribution in [3.8, 4) is 5.75 Å². The fourth-order valence-corrected chi connectivity index (χ4v) is 3.94. The van der Waals surface area contributed by atoms with Crippen LogP contribution in [0.2, 0.25) is 0 Å². The van der Waals surface area contributed by atoms with Crippen molar-refractivity contribution in [3.63, 3.8) is 0 Å². The van der Waals surface area contributed by atoms with Gasteiger partial charge < -0.3 is 42.3 Å². The number of aliphatic hydroxyl groups excluding tert-OH is 1. The largest absolute Gasteiger partial charge is 0.508 e. The summed E-state index contributed by atoms with van der Waals surface area (Å²) in [5, 5.41) is 32.8. The molecule has 0 saturated carbocycles. The first-order chi connectivity index (χ1) is 16.7. The predicted molar refractivity (Wildman–Crippen MR) is 126 cm³/mol. The van der Waals surface area contributed by atoms with Crippen LogP contribution < -0.4 is 22.1 Å². The van der Waals surface area contributed by atoms with Crippen molar-refractivity contribution in [1.29, 1.82) is 0 Å². The number of carbonyl (C=O) groups excluding carboxylic acids is 3. The second-order valence-corrected chi connectivity index (χ2v) is 8.59. The van der Waals surface area contributed by atoms with Crippen LogP contribution >= 0.6 is 0 Å². The SMILES string of the molecule is NCCCCC(N)C(=O)NC(Cc1ccc(O)cc1)C(=O)N1CCCC1C(=O)NC(CO)C(=O)O. The van der Waals surface area contributed by atoms with E-state index in [1.807, 2.05) is 0 Å². The highest BCUT2D eigenvalue weighted by atomic mass is 16.4. The molecule has 3 amide bonds. The summed E-state index contributed by atoms with van der Waals surface area (Å²) in [5.74, 6) is -3.04. The minimum atomic E-state index is -1.49. The van der Waals surface area contributed by atoms with Crippen LogP contribution in [0.4, 0.5) is 0 Å². The van der Waals surface area contributed by atoms with Gasteiger partial charge in [-0.1, -0.05) is 18.6 Å². The van der Waals surface area contributed by atoms with E-state index in [9.17, 15) is 29.4 Å². The molecule has 12 heteroatoms. The van der Waals surface area contributed by atoms with E-state index in [0.717, 1.165) is 0 Å². The molecule has 1 aromatic rings. The molecule has 1 fully saturated rings. The first-order valence-electron chi connectivity index (χ1n) is 11.7. The number of aromatic hydroxyl groups is 1. The molecule has 12 nitrogen and oxygen atoms in total. The van der Waals surface area contributed by atoms with Crippen molar-refractivity contribution in [2.24, 2.45) is 11.5 Å². The number of carboxylic acid groups (broad SMARTS) is 1. The number of hydrogen-bond donors (Lipinski definition) is 7. The number of aliphatic hydroxyl groups is 1. The smallest absolute Gasteiger partial charge is 0.328 e. The number of carboxylic acids is 1. The summed E-state index contributed by atoms with van der Waals surface area (Å²) < 4.78 is 0. The van der Waals surface area contributed by atoms with Crippen molar-refractivity contribution in [3.05, 3.63) is 29.8 Å². The third-order valence-electron chi connectivity index (χ3n) is 5.93. The van der Waals surface area contributed by atoms with Crippen molar-refractivity contribution < 1.29 is 34.5 Å². The Morgan fingerprint density at radius 2 is 1.77 bits per heavy atom. The zero-order chi connectivity index (χ0) is 26.0. The van der Waals surface area contributed by atoms with E-state index in [2.05, 4.69) is 10.6 Å². The number of rotatable bonds is 13. The number of likely N-dealkylation sites (tertiary alicyclic amines) is 1. The summed E-state index contributed by atoms with van der Waals surface area (Å²) in [6.07, 6.45) is 2.69. The van der Waals surface area contributed by atoms with Gasteiger partial charge >= 0.3 is 5.97 Å². The average molecular weight is 494 g/mol. The number of nitrogens with one attached hydrogen (secondary N) is 2. The lowest BCUT2D eigenvalue weighted by atomic mass is 10.0. The monoisotopic (exact) mass is 493 g/mol. The Morgan fingerprint density at radius 3 is 2.37 bits per heavy atom. The van der Waals surface area contributed by atoms with E-state index in [1.165, 1.54) is 17.0 Å². The van der Waals surface area contributed by atoms with Crippen LogP contribution in [0.25, 0.3) is 0 Å². The predicted octanol–water partition coefficient (Wildman–Crippen LogP) is -1.57. The number of benzene rings is 1. The van der Waals surface area contributed by atoms with Crippen molar-refractivity contribution in [2.75, 3.05) is 19.7 Å². The number of nitrogens with zero attached hydrogens (tertiary/aromatic N) is 1. The highest BCUT2D eigenvalue weighted by molar-refractivity contribution is 5.94. The lowest BCUT2D eigenvalue weighted by molar-refractivity contribution is -0.145. The molecule has 1 aromatic carbocycles. The van der Waals surface area contributed by atoms with Crippen LogP contribution in [-0.2, 0) is 25.6 Å². The first-order valence-corrected chi connectivity index (χ1v) is 11.7. The molecular formula is C23H35N5O7. The normalized spacial score (nSPS) is 17.9. The zero-order valence-electron chi connectivity index (χ0n) is 19.6. The molecule has 1 aliphatic heterocycles. The van der Waals surface area contributed by atoms with Crippen molar-refractivity contribution in [2.45, 2.75) is 62.7 Å². The lowest BCUT2D eigenvalue weighted by Gasteiger charge is -2.30. The Morgan fingerprint density at radius 1 is 1.09 bits per heavy atom. The summed E-state index contributed by atoms with van der Waals surface area (Å²) >= 11 is 0. The van der Waals surface area contributed by atoms with Gasteiger partial charge in [0.1, 0.15) is 23.9 Å². The van der Waals surface area contributed by atoms with E-state index in [0.29, 0.717) is 44.2 Å². The second-order valence-electron chi connectivity index (χ2n) is 8.59. The number of nitrogens with two attached hydrogens (primary N) is 2. The van der Waals surface area contributed by atoms with Gasteiger partial charge in [-0.05, 0) is 49.9 Å². The number of carbonyl (C=O) groups is 4. The number of aliphatic carboxylic acids is 1. The molecule has 9 N–H and O–H groups in total. The molecule has 4 unspecified atom stereocenters. The van der Waals surface area contributed by atoms with Crippen molar-refractivity contribution >= 4 is 23.7 Å². The third kappa shape index (κ3) is 8.19. The molecule has 0 radical (unpaired) electrons. The van der Waals surface area contributed by atoms with Gasteiger partial charge in [0.25, 0.3) is 0 Å². The Kier molecular flexibility index (Phi) is 10.9. The van der Waals surface area contributed by atoms with Gasteiger partial charge in [-0.25, -0.2) is 4.79 Å². The number of unbranched alkanes of at least 4 members (excludes halogenated alkanes) is 1. The van der Waals surface area contributed by atoms with Crippen molar-refractivity contribution in [1.82, 2.24) is 15.5 Å². The molecule has 1 heterocycles. The van der Waals surface area contributed by atoms with E-state index in [4.69, 9.17) is 16.6 Å². The maximum absolute atomic E-state index is 13.5. The molecule has 0 bridgehead atoms. The van der Waals surface area contributed by atoms with Crippen LogP contribution in [0.1, 0.15) is 37.7 Å². The quantitative estimate of drug-likeness (QED) is 0.158. The maximum atomic E-state index is 13.5. The molecule has 4 atom stereocenters. The van der Waals surface area contributed by atoms with E-state index >= 15 is 0 Å². The van der Waals surface area contributed by atoms with Crippen LogP contribution in [0, 0.1) is 0 Å². The fraction of sp³-hybridized carbons (Fsp3) is 0.565. The Labute approximate surface area is 203 Å². The van der Waals surface area contributed by atoms with Gasteiger partial charge in [0.2, 0.25) is 17.7 Å². The Balaban J connectivity index is 2.19. The highest BCUT2D eigenvalue weighted by Gasteiger charge is 2.39. The average Bonchev–Trinajstić information content (AvgIpc) is 3.32. The molecule has 1 saturated heterocycles. The summed E-state index contributed by atoms with van der Waals surface area (Å²) in [6.45, 7) is -0.0602. The standard InChI is InChI=1S/C23H35N5O7/c24-10-2-1-4-16(25)20(31)26-17(12-14-6-8-15(30)9-7-14)22(33)28-11-3-5-19(28)21(32)27-18(13-29)23(34)35/h6-9,16-19,29-30H,1-5,10-13,24-25H2,(H,26,31)(H,27,32)(H,34,35). The molecule has 0 spiro atoms. The molecule has 2 rings (SSSR count). The van der Waals surface area contributed by atoms with Gasteiger partial charge in [0.05, 0.1) is 12.6 Å². The van der Waals surface area contributed by atoms with E-state index in [-0.39, 0.29) is 18.7 Å². The van der Waals surface area contributed by atoms with Crippen LogP contribution in [0.3, 0.4) is 0 Å². The number of amides is 3. The number of hydrogen-bond acceptors (Lipinski definition) is 8. The lowest BCUT2D eigenvalue weighted by Crippen LogP contribution is -2.57. The molecule has 0 aliphatic carbocycles. The molecule has 194 valence electrons. The third-order valence-corrected chi connectivity index (χ3v) is 5.93. The zero-order valence-corrected chi connectivity index (χ0v) is 19.6. The molecular weight excluding hydrogens is 458 g/mol. The number of phenolic OH excluding ortho intramolecular Hbond substituents is 1. The van der Waals surface area contributed by atoms with Gasteiger partial charge in [0, 0.05) is 13.0 Å². The summed E-state index contributed by atoms with van der Waals surface area (Å²) in [6, 6.07) is 1.87. The van der Waals surface area contributed by atoms with Gasteiger partial charge in [-0.2, -0.15) is 0 Å². The van der Waals surface area contributed by atoms with Gasteiger partial charge in [0.15, 0.2) is 0 Å². The Bertz CT molecular complexity index is 880. The maximum Gasteiger partial charge on any atom is 0.328 e. The van der Waals surface area contributed by atoms with Crippen LogP contribution in [0.15, 0.2) is 24.3 Å². The molecule has 0 aromatic heterocycles. The van der Waals surface area contributed by atoms with Gasteiger partial charge in [-0.3, -0.25) is 14.4 Å². The summed E-state index contributed by atoms with van der Waals surface area (Å²) in [4.78, 5) is 51.4. The minimum Gasteiger partial charge on any atom is -0.508 e. The Hall–Kier alpha value is -3.22. The van der Waals surface area contributed by atoms with Gasteiger partial charge in [-0.15, -0.1) is 0 Å². The molecule has 1 aliphatic rings. The highest BCUT2D eigenvalue weighted by Crippen LogP contribution is 2.21. The summed E-state index contributed by atoms with van der Waals surface area (Å²) in [5.41, 5.74) is 12.1. The summed E-state index contributed by atoms with van der Waals surface area (Å²) in [7, 11) is 0. The van der Waals surface area contributed by atoms with E-state index < -0.39 is 54.5 Å². The van der Waals surface area contributed by atoms with E-state index in [1.54, 1.807) is 12.1 Å². The van der Waals surface area contributed by atoms with Crippen LogP contribution in [0.5, 0.6) is 5.75 Å². The van der Waals surface area contributed by atoms with Crippen LogP contribution in [-0.4, -0.2) is 87.8 Å². The first kappa shape index (κ1) is 28.0. The fourth-order valence-electron chi connectivity index (χ4n) is 3.94. The minimum absolute atomic E-state index is 0.0516. The number of phenols is 1.